The van der Waals surface area contributed by atoms with Crippen LogP contribution < -0.4 is 15.1 Å². The SMILES string of the molecule is CN1CC(=O)N(c2ccccc2)Cc2c(NCC(C)(C)C)ncnc21. The predicted octanol–water partition coefficient (Wildman–Crippen LogP) is 2.92. The lowest BCUT2D eigenvalue weighted by atomic mass is 9.97. The molecule has 0 radical (unpaired) electrons. The summed E-state index contributed by atoms with van der Waals surface area (Å²) in [6.07, 6.45) is 1.56. The van der Waals surface area contributed by atoms with Crippen molar-refractivity contribution in [2.24, 2.45) is 5.41 Å². The molecule has 0 bridgehead atoms. The summed E-state index contributed by atoms with van der Waals surface area (Å²) < 4.78 is 0. The molecule has 6 nitrogen and oxygen atoms in total. The number of nitrogens with zero attached hydrogens (tertiary/aromatic N) is 4. The van der Waals surface area contributed by atoms with Gasteiger partial charge >= 0.3 is 0 Å². The molecule has 0 atom stereocenters. The highest BCUT2D eigenvalue weighted by Crippen LogP contribution is 2.30. The van der Waals surface area contributed by atoms with Crippen LogP contribution in [0, 0.1) is 5.41 Å². The van der Waals surface area contributed by atoms with Crippen molar-refractivity contribution in [3.8, 4) is 0 Å². The van der Waals surface area contributed by atoms with Crippen molar-refractivity contribution < 1.29 is 4.79 Å². The van der Waals surface area contributed by atoms with Gasteiger partial charge in [0.1, 0.15) is 18.0 Å². The number of likely N-dealkylation sites (N-methyl/N-ethyl adjacent to an activating group) is 1. The molecule has 1 aliphatic heterocycles. The smallest absolute Gasteiger partial charge is 0.246 e. The molecule has 1 amide bonds. The van der Waals surface area contributed by atoms with Crippen LogP contribution in [0.3, 0.4) is 0 Å². The maximum atomic E-state index is 12.7. The van der Waals surface area contributed by atoms with Gasteiger partial charge in [-0.05, 0) is 17.5 Å². The minimum atomic E-state index is 0.0495. The number of carbonyl (C=O) groups excluding carboxylic acids is 1. The van der Waals surface area contributed by atoms with Crippen LogP contribution in [0.1, 0.15) is 26.3 Å². The first-order valence-corrected chi connectivity index (χ1v) is 8.49. The van der Waals surface area contributed by atoms with Crippen molar-refractivity contribution >= 4 is 23.2 Å². The fraction of sp³-hybridized carbons (Fsp3) is 0.421. The Hall–Kier alpha value is -2.63. The molecule has 1 aromatic heterocycles. The lowest BCUT2D eigenvalue weighted by Gasteiger charge is -2.23. The zero-order valence-electron chi connectivity index (χ0n) is 15.3. The van der Waals surface area contributed by atoms with Crippen LogP contribution in [-0.4, -0.2) is 36.0 Å². The van der Waals surface area contributed by atoms with Crippen molar-refractivity contribution in [1.29, 1.82) is 0 Å². The molecule has 1 aliphatic rings. The molecular formula is C19H25N5O. The van der Waals surface area contributed by atoms with Gasteiger partial charge in [-0.25, -0.2) is 9.97 Å². The van der Waals surface area contributed by atoms with Gasteiger partial charge < -0.3 is 15.1 Å². The van der Waals surface area contributed by atoms with Gasteiger partial charge in [0, 0.05) is 19.3 Å². The normalized spacial score (nSPS) is 15.0. The van der Waals surface area contributed by atoms with Crippen LogP contribution in [0.5, 0.6) is 0 Å². The second-order valence-corrected chi connectivity index (χ2v) is 7.61. The minimum absolute atomic E-state index is 0.0495. The zero-order valence-corrected chi connectivity index (χ0v) is 15.3. The highest BCUT2D eigenvalue weighted by molar-refractivity contribution is 5.97. The van der Waals surface area contributed by atoms with Gasteiger partial charge in [-0.2, -0.15) is 0 Å². The molecular weight excluding hydrogens is 314 g/mol. The van der Waals surface area contributed by atoms with Crippen molar-refractivity contribution in [1.82, 2.24) is 9.97 Å². The van der Waals surface area contributed by atoms with E-state index in [0.717, 1.165) is 29.4 Å². The van der Waals surface area contributed by atoms with Gasteiger partial charge in [0.2, 0.25) is 5.91 Å². The van der Waals surface area contributed by atoms with Crippen molar-refractivity contribution in [3.05, 3.63) is 42.2 Å². The van der Waals surface area contributed by atoms with E-state index in [4.69, 9.17) is 0 Å². The number of hydrogen-bond acceptors (Lipinski definition) is 5. The van der Waals surface area contributed by atoms with E-state index in [1.807, 2.05) is 42.3 Å². The van der Waals surface area contributed by atoms with Gasteiger partial charge in [0.25, 0.3) is 0 Å². The lowest BCUT2D eigenvalue weighted by Crippen LogP contribution is -2.35. The molecule has 0 saturated heterocycles. The van der Waals surface area contributed by atoms with E-state index in [2.05, 4.69) is 36.1 Å². The summed E-state index contributed by atoms with van der Waals surface area (Å²) in [4.78, 5) is 25.3. The summed E-state index contributed by atoms with van der Waals surface area (Å²) in [6.45, 7) is 8.05. The number of hydrogen-bond donors (Lipinski definition) is 1. The van der Waals surface area contributed by atoms with Crippen molar-refractivity contribution in [3.63, 3.8) is 0 Å². The third kappa shape index (κ3) is 3.90. The van der Waals surface area contributed by atoms with E-state index < -0.39 is 0 Å². The van der Waals surface area contributed by atoms with Gasteiger partial charge in [0.05, 0.1) is 18.7 Å². The van der Waals surface area contributed by atoms with Crippen LogP contribution in [0.4, 0.5) is 17.3 Å². The molecule has 3 rings (SSSR count). The first-order valence-electron chi connectivity index (χ1n) is 8.49. The van der Waals surface area contributed by atoms with Crippen molar-refractivity contribution in [2.45, 2.75) is 27.3 Å². The van der Waals surface area contributed by atoms with Crippen LogP contribution in [0.15, 0.2) is 36.7 Å². The lowest BCUT2D eigenvalue weighted by molar-refractivity contribution is -0.117. The van der Waals surface area contributed by atoms with E-state index >= 15 is 0 Å². The molecule has 1 aromatic carbocycles. The highest BCUT2D eigenvalue weighted by Gasteiger charge is 2.28. The fourth-order valence-electron chi connectivity index (χ4n) is 2.83. The van der Waals surface area contributed by atoms with E-state index in [1.54, 1.807) is 11.2 Å². The van der Waals surface area contributed by atoms with Crippen LogP contribution in [-0.2, 0) is 11.3 Å². The number of nitrogens with one attached hydrogen (secondary N) is 1. The summed E-state index contributed by atoms with van der Waals surface area (Å²) in [5.41, 5.74) is 1.96. The predicted molar refractivity (Wildman–Crippen MR) is 101 cm³/mol. The second kappa shape index (κ2) is 6.70. The molecule has 1 N–H and O–H groups in total. The molecule has 2 aromatic rings. The first kappa shape index (κ1) is 17.2. The standard InChI is InChI=1S/C19H25N5O/c1-19(2,3)12-20-17-15-10-24(14-8-6-5-7-9-14)16(25)11-23(4)18(15)22-13-21-17/h5-9,13H,10-12H2,1-4H3,(H,20,21,22). The van der Waals surface area contributed by atoms with Crippen LogP contribution in [0.2, 0.25) is 0 Å². The summed E-state index contributed by atoms with van der Waals surface area (Å²) in [5, 5.41) is 3.43. The monoisotopic (exact) mass is 339 g/mol. The maximum absolute atomic E-state index is 12.7. The molecule has 0 saturated carbocycles. The molecule has 6 heteroatoms. The summed E-state index contributed by atoms with van der Waals surface area (Å²) in [7, 11) is 1.89. The number of benzene rings is 1. The average Bonchev–Trinajstić information content (AvgIpc) is 2.70. The Morgan fingerprint density at radius 1 is 1.12 bits per heavy atom. The quantitative estimate of drug-likeness (QED) is 0.932. The summed E-state index contributed by atoms with van der Waals surface area (Å²) >= 11 is 0. The third-order valence-electron chi connectivity index (χ3n) is 4.13. The number of anilines is 3. The maximum Gasteiger partial charge on any atom is 0.246 e. The molecule has 0 spiro atoms. The molecule has 0 fully saturated rings. The number of para-hydroxylation sites is 1. The minimum Gasteiger partial charge on any atom is -0.369 e. The Bertz CT molecular complexity index is 754. The molecule has 0 unspecified atom stereocenters. The summed E-state index contributed by atoms with van der Waals surface area (Å²) in [5.74, 6) is 1.65. The van der Waals surface area contributed by atoms with Gasteiger partial charge in [-0.3, -0.25) is 4.79 Å². The number of aromatic nitrogens is 2. The van der Waals surface area contributed by atoms with E-state index in [1.165, 1.54) is 0 Å². The van der Waals surface area contributed by atoms with E-state index in [-0.39, 0.29) is 17.9 Å². The number of fused-ring (bicyclic) bond motifs is 1. The van der Waals surface area contributed by atoms with Crippen LogP contribution in [0.25, 0.3) is 0 Å². The third-order valence-corrected chi connectivity index (χ3v) is 4.13. The topological polar surface area (TPSA) is 61.4 Å². The molecule has 132 valence electrons. The Balaban J connectivity index is 1.98. The average molecular weight is 339 g/mol. The second-order valence-electron chi connectivity index (χ2n) is 7.61. The molecule has 0 aliphatic carbocycles. The Kier molecular flexibility index (Phi) is 4.61. The van der Waals surface area contributed by atoms with Crippen LogP contribution >= 0.6 is 0 Å². The van der Waals surface area contributed by atoms with E-state index in [0.29, 0.717) is 6.54 Å². The highest BCUT2D eigenvalue weighted by atomic mass is 16.2. The number of rotatable bonds is 3. The van der Waals surface area contributed by atoms with E-state index in [9.17, 15) is 4.79 Å². The number of amides is 1. The van der Waals surface area contributed by atoms with Crippen molar-refractivity contribution in [2.75, 3.05) is 35.3 Å². The first-order chi connectivity index (χ1) is 11.8. The molecule has 25 heavy (non-hydrogen) atoms. The summed E-state index contributed by atoms with van der Waals surface area (Å²) in [6, 6.07) is 9.74. The fourth-order valence-corrected chi connectivity index (χ4v) is 2.83. The Labute approximate surface area is 148 Å². The number of carbonyl (C=O) groups is 1. The Morgan fingerprint density at radius 2 is 1.84 bits per heavy atom. The molecule has 2 heterocycles. The van der Waals surface area contributed by atoms with Gasteiger partial charge in [-0.1, -0.05) is 39.0 Å². The Morgan fingerprint density at radius 3 is 2.52 bits per heavy atom. The van der Waals surface area contributed by atoms with Gasteiger partial charge in [-0.15, -0.1) is 0 Å². The zero-order chi connectivity index (χ0) is 18.0. The van der Waals surface area contributed by atoms with Gasteiger partial charge in [0.15, 0.2) is 0 Å². The largest absolute Gasteiger partial charge is 0.369 e.